The van der Waals surface area contributed by atoms with Crippen LogP contribution in [-0.4, -0.2) is 13.0 Å². The highest BCUT2D eigenvalue weighted by atomic mass is 79.9. The number of anilines is 1. The van der Waals surface area contributed by atoms with Crippen LogP contribution in [0.4, 0.5) is 5.69 Å². The fourth-order valence-electron chi connectivity index (χ4n) is 2.88. The lowest BCUT2D eigenvalue weighted by molar-refractivity contribution is -0.112. The normalized spacial score (nSPS) is 10.6. The zero-order valence-electron chi connectivity index (χ0n) is 17.4. The second kappa shape index (κ2) is 11.2. The third kappa shape index (κ3) is 6.14. The van der Waals surface area contributed by atoms with Crippen LogP contribution >= 0.6 is 27.5 Å². The number of nitrogens with zero attached hydrogens (tertiary/aromatic N) is 2. The summed E-state index contributed by atoms with van der Waals surface area (Å²) in [6, 6.07) is 21.1. The van der Waals surface area contributed by atoms with Crippen molar-refractivity contribution in [2.45, 2.75) is 6.61 Å². The Morgan fingerprint density at radius 2 is 1.85 bits per heavy atom. The van der Waals surface area contributed by atoms with Crippen molar-refractivity contribution < 1.29 is 14.3 Å². The largest absolute Gasteiger partial charge is 0.493 e. The van der Waals surface area contributed by atoms with E-state index in [1.165, 1.54) is 13.2 Å². The fourth-order valence-corrected chi connectivity index (χ4v) is 3.44. The number of ether oxygens (including phenoxy) is 2. The first-order valence-electron chi connectivity index (χ1n) is 9.62. The number of hydrogen-bond donors (Lipinski definition) is 1. The Morgan fingerprint density at radius 3 is 2.52 bits per heavy atom. The van der Waals surface area contributed by atoms with Crippen LogP contribution in [0, 0.1) is 22.7 Å². The summed E-state index contributed by atoms with van der Waals surface area (Å²) in [5.74, 6) is 0.298. The van der Waals surface area contributed by atoms with Crippen molar-refractivity contribution in [1.82, 2.24) is 0 Å². The number of rotatable bonds is 7. The number of methoxy groups -OCH3 is 1. The number of carbonyl (C=O) groups is 1. The Kier molecular flexibility index (Phi) is 8.10. The summed E-state index contributed by atoms with van der Waals surface area (Å²) in [6.07, 6.45) is 1.45. The van der Waals surface area contributed by atoms with Crippen molar-refractivity contribution in [3.8, 4) is 23.6 Å². The molecule has 0 radical (unpaired) electrons. The fraction of sp³-hybridized carbons (Fsp3) is 0.0800. The molecule has 3 aromatic carbocycles. The van der Waals surface area contributed by atoms with Crippen molar-refractivity contribution in [3.63, 3.8) is 0 Å². The van der Waals surface area contributed by atoms with E-state index < -0.39 is 5.91 Å². The van der Waals surface area contributed by atoms with Crippen LogP contribution in [0.3, 0.4) is 0 Å². The highest BCUT2D eigenvalue weighted by molar-refractivity contribution is 9.10. The summed E-state index contributed by atoms with van der Waals surface area (Å²) in [5, 5.41) is 22.0. The Bertz CT molecular complexity index is 1290. The van der Waals surface area contributed by atoms with Crippen molar-refractivity contribution in [1.29, 1.82) is 10.5 Å². The monoisotopic (exact) mass is 521 g/mol. The van der Waals surface area contributed by atoms with Crippen molar-refractivity contribution in [2.24, 2.45) is 0 Å². The van der Waals surface area contributed by atoms with Gasteiger partial charge in [-0.05, 0) is 54.1 Å². The second-order valence-corrected chi connectivity index (χ2v) is 8.00. The van der Waals surface area contributed by atoms with E-state index in [2.05, 4.69) is 27.3 Å². The number of hydrogen-bond acceptors (Lipinski definition) is 5. The van der Waals surface area contributed by atoms with E-state index in [4.69, 9.17) is 21.1 Å². The maximum absolute atomic E-state index is 12.6. The molecule has 0 heterocycles. The van der Waals surface area contributed by atoms with Gasteiger partial charge in [0.05, 0.1) is 18.7 Å². The van der Waals surface area contributed by atoms with Gasteiger partial charge >= 0.3 is 0 Å². The molecule has 0 saturated carbocycles. The van der Waals surface area contributed by atoms with Crippen LogP contribution in [-0.2, 0) is 11.4 Å². The van der Waals surface area contributed by atoms with E-state index in [-0.39, 0.29) is 12.2 Å². The minimum absolute atomic E-state index is 0.0932. The van der Waals surface area contributed by atoms with E-state index in [0.717, 1.165) is 5.56 Å². The zero-order chi connectivity index (χ0) is 23.8. The zero-order valence-corrected chi connectivity index (χ0v) is 19.8. The quantitative estimate of drug-likeness (QED) is 0.298. The number of nitriles is 2. The standard InChI is InChI=1S/C25H17BrClN3O3/c1-32-23-11-18(10-19(14-29)25(31)30-21-8-6-20(27)7-9-21)22(26)12-24(23)33-15-17-5-3-2-4-16(17)13-28/h2-12H,15H2,1H3,(H,30,31)/b19-10-. The first-order chi connectivity index (χ1) is 15.9. The Labute approximate surface area is 204 Å². The molecule has 3 aromatic rings. The van der Waals surface area contributed by atoms with Gasteiger partial charge in [-0.1, -0.05) is 45.7 Å². The van der Waals surface area contributed by atoms with Gasteiger partial charge in [0.25, 0.3) is 5.91 Å². The van der Waals surface area contributed by atoms with E-state index in [1.54, 1.807) is 48.5 Å². The molecule has 0 aliphatic heterocycles. The SMILES string of the molecule is COc1cc(/C=C(/C#N)C(=O)Nc2ccc(Cl)cc2)c(Br)cc1OCc1ccccc1C#N. The summed E-state index contributed by atoms with van der Waals surface area (Å²) in [4.78, 5) is 12.6. The smallest absolute Gasteiger partial charge is 0.266 e. The van der Waals surface area contributed by atoms with Crippen LogP contribution in [0.2, 0.25) is 5.02 Å². The molecule has 0 spiro atoms. The molecule has 0 aromatic heterocycles. The topological polar surface area (TPSA) is 95.1 Å². The number of benzene rings is 3. The lowest BCUT2D eigenvalue weighted by Crippen LogP contribution is -2.13. The molecule has 6 nitrogen and oxygen atoms in total. The highest BCUT2D eigenvalue weighted by Gasteiger charge is 2.14. The molecule has 0 aliphatic carbocycles. The number of carbonyl (C=O) groups excluding carboxylic acids is 1. The molecule has 0 bridgehead atoms. The molecule has 33 heavy (non-hydrogen) atoms. The summed E-state index contributed by atoms with van der Waals surface area (Å²) >= 11 is 9.32. The van der Waals surface area contributed by atoms with E-state index in [0.29, 0.717) is 37.8 Å². The molecule has 0 fully saturated rings. The molecule has 3 rings (SSSR count). The lowest BCUT2D eigenvalue weighted by Gasteiger charge is -2.13. The lowest BCUT2D eigenvalue weighted by atomic mass is 10.1. The van der Waals surface area contributed by atoms with Gasteiger partial charge < -0.3 is 14.8 Å². The van der Waals surface area contributed by atoms with E-state index in [9.17, 15) is 15.3 Å². The third-order valence-electron chi connectivity index (χ3n) is 4.57. The summed E-state index contributed by atoms with van der Waals surface area (Å²) < 4.78 is 11.9. The van der Waals surface area contributed by atoms with Gasteiger partial charge in [0.2, 0.25) is 0 Å². The van der Waals surface area contributed by atoms with Gasteiger partial charge in [0.15, 0.2) is 11.5 Å². The van der Waals surface area contributed by atoms with Crippen LogP contribution < -0.4 is 14.8 Å². The predicted molar refractivity (Wildman–Crippen MR) is 130 cm³/mol. The summed E-state index contributed by atoms with van der Waals surface area (Å²) in [5.41, 5.74) is 2.25. The van der Waals surface area contributed by atoms with Gasteiger partial charge in [-0.25, -0.2) is 0 Å². The number of halogens is 2. The van der Waals surface area contributed by atoms with Crippen LogP contribution in [0.15, 0.2) is 70.7 Å². The van der Waals surface area contributed by atoms with E-state index in [1.807, 2.05) is 18.2 Å². The van der Waals surface area contributed by atoms with Crippen molar-refractivity contribution in [2.75, 3.05) is 12.4 Å². The molecular formula is C25H17BrClN3O3. The maximum atomic E-state index is 12.6. The molecule has 164 valence electrons. The summed E-state index contributed by atoms with van der Waals surface area (Å²) in [6.45, 7) is 0.175. The highest BCUT2D eigenvalue weighted by Crippen LogP contribution is 2.35. The summed E-state index contributed by atoms with van der Waals surface area (Å²) in [7, 11) is 1.49. The maximum Gasteiger partial charge on any atom is 0.266 e. The Balaban J connectivity index is 1.83. The molecule has 1 amide bonds. The molecule has 0 aliphatic rings. The van der Waals surface area contributed by atoms with Crippen LogP contribution in [0.25, 0.3) is 6.08 Å². The number of amides is 1. The van der Waals surface area contributed by atoms with Crippen molar-refractivity contribution >= 4 is 45.2 Å². The Morgan fingerprint density at radius 1 is 1.12 bits per heavy atom. The minimum Gasteiger partial charge on any atom is -0.493 e. The molecule has 8 heteroatoms. The third-order valence-corrected chi connectivity index (χ3v) is 5.51. The predicted octanol–water partition coefficient (Wildman–Crippen LogP) is 6.11. The van der Waals surface area contributed by atoms with Crippen LogP contribution in [0.5, 0.6) is 11.5 Å². The van der Waals surface area contributed by atoms with Crippen molar-refractivity contribution in [3.05, 3.63) is 92.4 Å². The average molecular weight is 523 g/mol. The van der Waals surface area contributed by atoms with Gasteiger partial charge in [-0.3, -0.25) is 4.79 Å². The number of nitrogens with one attached hydrogen (secondary N) is 1. The second-order valence-electron chi connectivity index (χ2n) is 6.71. The first-order valence-corrected chi connectivity index (χ1v) is 10.8. The van der Waals surface area contributed by atoms with E-state index >= 15 is 0 Å². The van der Waals surface area contributed by atoms with Gasteiger partial charge in [0.1, 0.15) is 18.2 Å². The molecular weight excluding hydrogens is 506 g/mol. The minimum atomic E-state index is -0.556. The molecule has 0 saturated heterocycles. The molecule has 0 atom stereocenters. The van der Waals surface area contributed by atoms with Gasteiger partial charge in [0, 0.05) is 20.7 Å². The van der Waals surface area contributed by atoms with Gasteiger partial charge in [-0.15, -0.1) is 0 Å². The Hall–Kier alpha value is -3.78. The molecule has 1 N–H and O–H groups in total. The first kappa shape index (κ1) is 23.9. The molecule has 0 unspecified atom stereocenters. The van der Waals surface area contributed by atoms with Gasteiger partial charge in [-0.2, -0.15) is 10.5 Å². The van der Waals surface area contributed by atoms with Crippen LogP contribution in [0.1, 0.15) is 16.7 Å². The average Bonchev–Trinajstić information content (AvgIpc) is 2.83.